The Balaban J connectivity index is 0.000000125. The molecule has 0 fully saturated rings. The second kappa shape index (κ2) is 22.4. The molecular formula is C69H50Ag2P2+2. The molecule has 0 amide bonds. The Hall–Kier alpha value is -6.34. The van der Waals surface area contributed by atoms with Gasteiger partial charge in [-0.05, 0) is 127 Å². The summed E-state index contributed by atoms with van der Waals surface area (Å²) in [7, 11) is -1.69. The summed E-state index contributed by atoms with van der Waals surface area (Å²) >= 11 is 0. The van der Waals surface area contributed by atoms with E-state index in [2.05, 4.69) is 255 Å². The van der Waals surface area contributed by atoms with Crippen molar-refractivity contribution in [1.29, 1.82) is 0 Å². The molecule has 2 unspecified atom stereocenters. The molecule has 10 aromatic carbocycles. The minimum Gasteiger partial charge on any atom is -0.366 e. The smallest absolute Gasteiger partial charge is 0.366 e. The molecule has 356 valence electrons. The molecule has 4 heteroatoms. The van der Waals surface area contributed by atoms with Crippen molar-refractivity contribution in [3.63, 3.8) is 0 Å². The first-order valence-electron chi connectivity index (χ1n) is 24.6. The minimum atomic E-state index is -0.847. The maximum absolute atomic E-state index is 7.52. The molecule has 0 nitrogen and oxygen atoms in total. The van der Waals surface area contributed by atoms with Gasteiger partial charge in [-0.25, -0.2) is 0 Å². The van der Waals surface area contributed by atoms with E-state index in [1.165, 1.54) is 104 Å². The van der Waals surface area contributed by atoms with Gasteiger partial charge in [0.15, 0.2) is 5.90 Å². The first-order chi connectivity index (χ1) is 35.1. The average Bonchev–Trinajstić information content (AvgIpc) is 3.45. The van der Waals surface area contributed by atoms with Crippen molar-refractivity contribution in [2.45, 2.75) is 24.7 Å². The first-order valence-corrected chi connectivity index (χ1v) is 28.1. The third-order valence-electron chi connectivity index (χ3n) is 14.7. The maximum atomic E-state index is 7.52. The molecule has 14 rings (SSSR count). The Morgan fingerprint density at radius 2 is 0.726 bits per heavy atom. The second-order valence-corrected chi connectivity index (χ2v) is 24.4. The van der Waals surface area contributed by atoms with Crippen LogP contribution >= 0.6 is 15.8 Å². The van der Waals surface area contributed by atoms with Crippen LogP contribution in [0.15, 0.2) is 243 Å². The Labute approximate surface area is 464 Å². The predicted molar refractivity (Wildman–Crippen MR) is 306 cm³/mol. The van der Waals surface area contributed by atoms with Gasteiger partial charge in [0.25, 0.3) is 0 Å². The molecule has 0 saturated carbocycles. The van der Waals surface area contributed by atoms with Crippen molar-refractivity contribution in [2.24, 2.45) is 0 Å². The van der Waals surface area contributed by atoms with Crippen LogP contribution in [-0.4, -0.2) is 5.90 Å². The summed E-state index contributed by atoms with van der Waals surface area (Å²) in [4.78, 5) is 0. The Kier molecular flexibility index (Phi) is 15.4. The summed E-state index contributed by atoms with van der Waals surface area (Å²) < 4.78 is 0. The van der Waals surface area contributed by atoms with Gasteiger partial charge in [-0.3, -0.25) is 11.8 Å². The van der Waals surface area contributed by atoms with Gasteiger partial charge in [-0.2, -0.15) is 0 Å². The molecule has 0 N–H and O–H groups in total. The summed E-state index contributed by atoms with van der Waals surface area (Å²) in [5.74, 6) is 7.08. The zero-order valence-corrected chi connectivity index (χ0v) is 44.9. The molecule has 0 radical (unpaired) electrons. The van der Waals surface area contributed by atoms with Crippen molar-refractivity contribution < 1.29 is 44.8 Å². The molecule has 0 spiro atoms. The van der Waals surface area contributed by atoms with Crippen LogP contribution < -0.4 is 21.2 Å². The van der Waals surface area contributed by atoms with Crippen LogP contribution in [0, 0.1) is 24.7 Å². The number of benzene rings is 10. The predicted octanol–water partition coefficient (Wildman–Crippen LogP) is 14.7. The van der Waals surface area contributed by atoms with Gasteiger partial charge in [-0.1, -0.05) is 181 Å². The number of hydrogen-bond acceptors (Lipinski definition) is 0. The fraction of sp³-hybridized carbons (Fsp3) is 0.0725. The first kappa shape index (κ1) is 50.2. The van der Waals surface area contributed by atoms with Crippen molar-refractivity contribution in [3.05, 3.63) is 300 Å². The van der Waals surface area contributed by atoms with Crippen LogP contribution in [0.1, 0.15) is 56.3 Å². The van der Waals surface area contributed by atoms with Gasteiger partial charge in [0.2, 0.25) is 0 Å². The van der Waals surface area contributed by atoms with E-state index in [1.54, 1.807) is 0 Å². The summed E-state index contributed by atoms with van der Waals surface area (Å²) in [6, 6.07) is 79.2. The van der Waals surface area contributed by atoms with Crippen LogP contribution in [0.3, 0.4) is 0 Å². The van der Waals surface area contributed by atoms with Gasteiger partial charge < -0.3 is 12.8 Å². The van der Waals surface area contributed by atoms with E-state index in [4.69, 9.17) is 12.8 Å². The number of rotatable bonds is 6. The second-order valence-electron chi connectivity index (χ2n) is 18.8. The van der Waals surface area contributed by atoms with Crippen molar-refractivity contribution in [2.75, 3.05) is 5.90 Å². The van der Waals surface area contributed by atoms with Crippen LogP contribution in [0.4, 0.5) is 0 Å². The van der Waals surface area contributed by atoms with Gasteiger partial charge >= 0.3 is 44.8 Å². The van der Waals surface area contributed by atoms with Gasteiger partial charge in [0.05, 0.1) is 0 Å². The number of fused-ring (bicyclic) bond motifs is 4. The molecule has 0 aromatic heterocycles. The molecule has 0 heterocycles. The van der Waals surface area contributed by atoms with Gasteiger partial charge in [-0.15, -0.1) is 35.4 Å². The molecule has 4 aliphatic rings. The summed E-state index contributed by atoms with van der Waals surface area (Å²) in [5.41, 5.74) is 15.3. The molecule has 2 atom stereocenters. The van der Waals surface area contributed by atoms with E-state index >= 15 is 0 Å². The molecule has 4 aliphatic carbocycles. The zero-order chi connectivity index (χ0) is 47.7. The summed E-state index contributed by atoms with van der Waals surface area (Å²) in [6.45, 7) is 0. The average molecular weight is 1160 g/mol. The van der Waals surface area contributed by atoms with Crippen LogP contribution in [0.2, 0.25) is 0 Å². The normalized spacial score (nSPS) is 14.4. The fourth-order valence-electron chi connectivity index (χ4n) is 11.6. The van der Waals surface area contributed by atoms with E-state index in [1.807, 2.05) is 0 Å². The maximum Gasteiger partial charge on any atom is 1.00 e. The fourth-order valence-corrected chi connectivity index (χ4v) is 19.4. The van der Waals surface area contributed by atoms with Crippen LogP contribution in [0.25, 0.3) is 43.8 Å². The standard InChI is InChI=1S/C25H22P2.2C22H13.2Ag/c1-5-13-22(14-6-1)26(23-15-7-2-8-16-23)21-27(24-17-9-3-10-18-24)25-19-11-4-12-20-25;2*1-2-14-12-16-8-5-10-18-17-9-3-6-15-7-4-11-19(21(15)17)20(13-14)22(16)18;;/h1-20H,21H2;2*3-7,9-13,18H,8H2;;/q;2*-1;2*+1/p+2. The van der Waals surface area contributed by atoms with E-state index in [9.17, 15) is 0 Å². The van der Waals surface area contributed by atoms with Crippen LogP contribution in [0.5, 0.6) is 0 Å². The number of allylic oxidation sites excluding steroid dienone is 4. The number of hydrogen-bond donors (Lipinski definition) is 0. The van der Waals surface area contributed by atoms with Crippen LogP contribution in [-0.2, 0) is 57.6 Å². The van der Waals surface area contributed by atoms with E-state index in [-0.39, 0.29) is 44.8 Å². The Morgan fingerprint density at radius 3 is 1.07 bits per heavy atom. The largest absolute Gasteiger partial charge is 1.00 e. The molecule has 73 heavy (non-hydrogen) atoms. The van der Waals surface area contributed by atoms with E-state index in [0.29, 0.717) is 11.8 Å². The molecular weight excluding hydrogens is 1110 g/mol. The summed E-state index contributed by atoms with van der Waals surface area (Å²) in [5, 5.41) is 11.3. The zero-order valence-electron chi connectivity index (χ0n) is 40.0. The molecule has 10 aromatic rings. The molecule has 0 bridgehead atoms. The van der Waals surface area contributed by atoms with Gasteiger partial charge in [0.1, 0.15) is 37.1 Å². The molecule has 0 aliphatic heterocycles. The van der Waals surface area contributed by atoms with Crippen molar-refractivity contribution in [1.82, 2.24) is 0 Å². The van der Waals surface area contributed by atoms with Crippen molar-refractivity contribution in [3.8, 4) is 34.1 Å². The monoisotopic (exact) mass is 1150 g/mol. The van der Waals surface area contributed by atoms with E-state index < -0.39 is 15.8 Å². The van der Waals surface area contributed by atoms with E-state index in [0.717, 1.165) is 24.0 Å². The quantitative estimate of drug-likeness (QED) is 0.0512. The third kappa shape index (κ3) is 9.70. The topological polar surface area (TPSA) is 0 Å². The summed E-state index contributed by atoms with van der Waals surface area (Å²) in [6.07, 6.45) is 26.1. The van der Waals surface area contributed by atoms with Gasteiger partial charge in [0, 0.05) is 11.8 Å². The third-order valence-corrected chi connectivity index (χ3v) is 21.7. The Bertz CT molecular complexity index is 3430. The molecule has 0 saturated heterocycles. The Morgan fingerprint density at radius 1 is 0.384 bits per heavy atom. The SMILES string of the molecule is [Ag+].[Ag+].[C-]#Cc1cc2c3c(c1)-c1cccc4cccc(c14)C3C=CC2.[C-]#Cc1cc2c3c(c1)-c1cccc4cccc(c14)C3C=CC2.c1ccc([PH+](C[PH+](c2ccccc2)c2ccccc2)c2ccccc2)cc1. The van der Waals surface area contributed by atoms with Crippen molar-refractivity contribution >= 4 is 58.6 Å². The minimum absolute atomic E-state index is 0.